The Hall–Kier alpha value is -2.61. The third-order valence-electron chi connectivity index (χ3n) is 4.67. The van der Waals surface area contributed by atoms with Crippen molar-refractivity contribution in [2.75, 3.05) is 18.4 Å². The molecular formula is C22H27FN2O4S. The second kappa shape index (κ2) is 9.04. The van der Waals surface area contributed by atoms with Crippen molar-refractivity contribution in [3.05, 3.63) is 48.5 Å². The van der Waals surface area contributed by atoms with E-state index in [0.717, 1.165) is 0 Å². The zero-order chi connectivity index (χ0) is 21.9. The predicted molar refractivity (Wildman–Crippen MR) is 114 cm³/mol. The van der Waals surface area contributed by atoms with E-state index < -0.39 is 34.7 Å². The summed E-state index contributed by atoms with van der Waals surface area (Å²) in [5.74, 6) is -0.0504. The van der Waals surface area contributed by atoms with Crippen molar-refractivity contribution in [1.82, 2.24) is 4.90 Å². The van der Waals surface area contributed by atoms with Crippen LogP contribution in [0.25, 0.3) is 0 Å². The Kier molecular flexibility index (Phi) is 6.65. The number of phenolic OH excluding ortho intramolecular Hbond substituents is 1. The maximum absolute atomic E-state index is 14.8. The molecule has 0 bridgehead atoms. The molecule has 0 aliphatic carbocycles. The Labute approximate surface area is 178 Å². The summed E-state index contributed by atoms with van der Waals surface area (Å²) in [6, 6.07) is 13.0. The molecule has 1 saturated heterocycles. The zero-order valence-electron chi connectivity index (χ0n) is 17.3. The number of aromatic hydroxyl groups is 1. The summed E-state index contributed by atoms with van der Waals surface area (Å²) in [6.45, 7) is 5.54. The van der Waals surface area contributed by atoms with Gasteiger partial charge in [0.05, 0.1) is 29.1 Å². The van der Waals surface area contributed by atoms with Gasteiger partial charge in [0.15, 0.2) is 0 Å². The maximum Gasteiger partial charge on any atom is 0.410 e. The summed E-state index contributed by atoms with van der Waals surface area (Å²) < 4.78 is 32.9. The van der Waals surface area contributed by atoms with Gasteiger partial charge in [0.1, 0.15) is 17.5 Å². The Morgan fingerprint density at radius 2 is 1.90 bits per heavy atom. The molecule has 2 N–H and O–H groups in total. The molecule has 3 unspecified atom stereocenters. The number of carbonyl (C=O) groups is 1. The standard InChI is InChI=1S/C22H27FN2O4S/c1-22(2,3)29-21(27)25-12-11-18(17(23)14-25)24-19-13-16(9-10-20(19)26)30(28)15-7-5-4-6-8-15/h4-10,13,17-18,24,26H,11-12,14H2,1-3H3. The van der Waals surface area contributed by atoms with Gasteiger partial charge in [-0.1, -0.05) is 18.2 Å². The number of phenols is 1. The first kappa shape index (κ1) is 22.1. The van der Waals surface area contributed by atoms with Gasteiger partial charge in [0.25, 0.3) is 0 Å². The number of likely N-dealkylation sites (tertiary alicyclic amines) is 1. The summed E-state index contributed by atoms with van der Waals surface area (Å²) in [4.78, 5) is 14.7. The summed E-state index contributed by atoms with van der Waals surface area (Å²) >= 11 is 0. The summed E-state index contributed by atoms with van der Waals surface area (Å²) in [7, 11) is -1.42. The van der Waals surface area contributed by atoms with Gasteiger partial charge in [0.2, 0.25) is 0 Å². The number of nitrogens with zero attached hydrogens (tertiary/aromatic N) is 1. The Balaban J connectivity index is 1.68. The molecule has 2 aromatic rings. The highest BCUT2D eigenvalue weighted by Crippen LogP contribution is 2.30. The fourth-order valence-corrected chi connectivity index (χ4v) is 4.28. The van der Waals surface area contributed by atoms with Gasteiger partial charge >= 0.3 is 6.09 Å². The topological polar surface area (TPSA) is 78.9 Å². The average Bonchev–Trinajstić information content (AvgIpc) is 2.70. The number of rotatable bonds is 4. The summed E-state index contributed by atoms with van der Waals surface area (Å²) in [5.41, 5.74) is -0.325. The minimum Gasteiger partial charge on any atom is -0.506 e. The van der Waals surface area contributed by atoms with E-state index in [1.165, 1.54) is 11.0 Å². The minimum atomic E-state index is -1.42. The lowest BCUT2D eigenvalue weighted by atomic mass is 10.0. The number of amides is 1. The molecule has 0 saturated carbocycles. The zero-order valence-corrected chi connectivity index (χ0v) is 18.1. The van der Waals surface area contributed by atoms with Gasteiger partial charge in [-0.15, -0.1) is 0 Å². The van der Waals surface area contributed by atoms with Gasteiger partial charge < -0.3 is 20.1 Å². The molecule has 0 spiro atoms. The van der Waals surface area contributed by atoms with Gasteiger partial charge in [0, 0.05) is 16.3 Å². The van der Waals surface area contributed by atoms with E-state index in [-0.39, 0.29) is 12.3 Å². The van der Waals surface area contributed by atoms with E-state index in [0.29, 0.717) is 28.4 Å². The largest absolute Gasteiger partial charge is 0.506 e. The molecule has 6 nitrogen and oxygen atoms in total. The van der Waals surface area contributed by atoms with Crippen molar-refractivity contribution in [2.45, 2.75) is 54.8 Å². The van der Waals surface area contributed by atoms with Crippen LogP contribution in [0.2, 0.25) is 0 Å². The fourth-order valence-electron chi connectivity index (χ4n) is 3.19. The molecule has 1 aliphatic rings. The van der Waals surface area contributed by atoms with Gasteiger partial charge in [-0.05, 0) is 57.5 Å². The van der Waals surface area contributed by atoms with Gasteiger partial charge in [-0.3, -0.25) is 0 Å². The van der Waals surface area contributed by atoms with E-state index >= 15 is 0 Å². The number of alkyl halides is 1. The molecule has 8 heteroatoms. The van der Waals surface area contributed by atoms with Crippen LogP contribution in [0.5, 0.6) is 5.75 Å². The lowest BCUT2D eigenvalue weighted by Crippen LogP contribution is -2.51. The first-order valence-electron chi connectivity index (χ1n) is 9.82. The molecule has 3 rings (SSSR count). The van der Waals surface area contributed by atoms with Crippen molar-refractivity contribution < 1.29 is 23.2 Å². The van der Waals surface area contributed by atoms with Crippen LogP contribution < -0.4 is 5.32 Å². The number of hydrogen-bond donors (Lipinski definition) is 2. The Morgan fingerprint density at radius 3 is 2.53 bits per heavy atom. The molecule has 1 heterocycles. The van der Waals surface area contributed by atoms with Crippen LogP contribution in [0.3, 0.4) is 0 Å². The molecule has 30 heavy (non-hydrogen) atoms. The van der Waals surface area contributed by atoms with E-state index in [1.54, 1.807) is 57.2 Å². The van der Waals surface area contributed by atoms with E-state index in [1.807, 2.05) is 6.07 Å². The predicted octanol–water partition coefficient (Wildman–Crippen LogP) is 4.32. The molecule has 1 aliphatic heterocycles. The van der Waals surface area contributed by atoms with Crippen LogP contribution >= 0.6 is 0 Å². The van der Waals surface area contributed by atoms with Crippen molar-refractivity contribution >= 4 is 22.6 Å². The SMILES string of the molecule is CC(C)(C)OC(=O)N1CCC(Nc2cc(S(=O)c3ccccc3)ccc2O)C(F)C1. The Bertz CT molecular complexity index is 917. The van der Waals surface area contributed by atoms with Crippen LogP contribution in [0.1, 0.15) is 27.2 Å². The number of carbonyl (C=O) groups excluding carboxylic acids is 1. The fraction of sp³-hybridized carbons (Fsp3) is 0.409. The number of ether oxygens (including phenoxy) is 1. The molecule has 2 aromatic carbocycles. The molecule has 0 aromatic heterocycles. The molecule has 1 fully saturated rings. The highest BCUT2D eigenvalue weighted by Gasteiger charge is 2.34. The van der Waals surface area contributed by atoms with E-state index in [2.05, 4.69) is 5.32 Å². The van der Waals surface area contributed by atoms with E-state index in [4.69, 9.17) is 4.74 Å². The number of nitrogens with one attached hydrogen (secondary N) is 1. The van der Waals surface area contributed by atoms with Crippen LogP contribution in [-0.2, 0) is 15.5 Å². The number of halogens is 1. The second-order valence-electron chi connectivity index (χ2n) is 8.24. The van der Waals surface area contributed by atoms with Gasteiger partial charge in [-0.2, -0.15) is 0 Å². The first-order valence-corrected chi connectivity index (χ1v) is 11.0. The van der Waals surface area contributed by atoms with Crippen molar-refractivity contribution in [3.8, 4) is 5.75 Å². The van der Waals surface area contributed by atoms with Crippen LogP contribution in [0.15, 0.2) is 58.3 Å². The van der Waals surface area contributed by atoms with Crippen molar-refractivity contribution in [2.24, 2.45) is 0 Å². The van der Waals surface area contributed by atoms with Crippen molar-refractivity contribution in [1.29, 1.82) is 0 Å². The second-order valence-corrected chi connectivity index (χ2v) is 9.72. The Morgan fingerprint density at radius 1 is 1.20 bits per heavy atom. The molecule has 162 valence electrons. The third-order valence-corrected chi connectivity index (χ3v) is 6.06. The highest BCUT2D eigenvalue weighted by molar-refractivity contribution is 7.85. The number of benzene rings is 2. The van der Waals surface area contributed by atoms with Gasteiger partial charge in [-0.25, -0.2) is 13.4 Å². The number of hydrogen-bond acceptors (Lipinski definition) is 5. The molecule has 1 amide bonds. The monoisotopic (exact) mass is 434 g/mol. The maximum atomic E-state index is 14.8. The lowest BCUT2D eigenvalue weighted by Gasteiger charge is -2.36. The average molecular weight is 435 g/mol. The van der Waals surface area contributed by atoms with Crippen LogP contribution in [0.4, 0.5) is 14.9 Å². The first-order chi connectivity index (χ1) is 14.1. The summed E-state index contributed by atoms with van der Waals surface area (Å²) in [6.07, 6.45) is -1.52. The quantitative estimate of drug-likeness (QED) is 0.701. The van der Waals surface area contributed by atoms with E-state index in [9.17, 15) is 18.5 Å². The third kappa shape index (κ3) is 5.50. The normalized spacial score (nSPS) is 20.5. The highest BCUT2D eigenvalue weighted by atomic mass is 32.2. The molecular weight excluding hydrogens is 407 g/mol. The van der Waals surface area contributed by atoms with Crippen LogP contribution in [0, 0.1) is 0 Å². The van der Waals surface area contributed by atoms with Crippen molar-refractivity contribution in [3.63, 3.8) is 0 Å². The van der Waals surface area contributed by atoms with Crippen LogP contribution in [-0.4, -0.2) is 51.2 Å². The number of anilines is 1. The molecule has 0 radical (unpaired) electrons. The molecule has 3 atom stereocenters. The minimum absolute atomic E-state index is 0.0504. The lowest BCUT2D eigenvalue weighted by molar-refractivity contribution is 0.0125. The smallest absolute Gasteiger partial charge is 0.410 e. The number of piperidine rings is 1. The summed E-state index contributed by atoms with van der Waals surface area (Å²) in [5, 5.41) is 13.2.